The summed E-state index contributed by atoms with van der Waals surface area (Å²) in [7, 11) is 0. The third-order valence-corrected chi connectivity index (χ3v) is 3.30. The van der Waals surface area contributed by atoms with Gasteiger partial charge in [0, 0.05) is 15.5 Å². The van der Waals surface area contributed by atoms with Gasteiger partial charge in [0.15, 0.2) is 0 Å². The lowest BCUT2D eigenvalue weighted by Crippen LogP contribution is -2.32. The molecule has 6 heteroatoms. The van der Waals surface area contributed by atoms with Crippen LogP contribution in [-0.2, 0) is 4.74 Å². The molecule has 1 aromatic rings. The van der Waals surface area contributed by atoms with Crippen LogP contribution in [0.2, 0.25) is 0 Å². The lowest BCUT2D eigenvalue weighted by atomic mass is 10.1. The normalized spacial score (nSPS) is 11.7. The van der Waals surface area contributed by atoms with E-state index in [1.165, 1.54) is 0 Å². The highest BCUT2D eigenvalue weighted by molar-refractivity contribution is 9.11. The molecule has 0 saturated carbocycles. The third kappa shape index (κ3) is 5.96. The van der Waals surface area contributed by atoms with E-state index >= 15 is 0 Å². The molecule has 0 aliphatic carbocycles. The maximum Gasteiger partial charge on any atom is 0.407 e. The van der Waals surface area contributed by atoms with Crippen LogP contribution in [0.25, 0.3) is 6.08 Å². The van der Waals surface area contributed by atoms with E-state index in [1.54, 1.807) is 0 Å². The van der Waals surface area contributed by atoms with Crippen molar-refractivity contribution in [3.8, 4) is 0 Å². The molecule has 0 spiro atoms. The Labute approximate surface area is 136 Å². The first kappa shape index (κ1) is 17.0. The Morgan fingerprint density at radius 1 is 1.40 bits per heavy atom. The summed E-state index contributed by atoms with van der Waals surface area (Å²) >= 11 is 6.79. The summed E-state index contributed by atoms with van der Waals surface area (Å²) < 4.78 is 6.88. The van der Waals surface area contributed by atoms with Gasteiger partial charge in [0.1, 0.15) is 5.60 Å². The van der Waals surface area contributed by atoms with Crippen molar-refractivity contribution < 1.29 is 9.53 Å². The van der Waals surface area contributed by atoms with Gasteiger partial charge in [0.05, 0.1) is 5.69 Å². The summed E-state index contributed by atoms with van der Waals surface area (Å²) in [5.74, 6) is 0. The van der Waals surface area contributed by atoms with E-state index in [2.05, 4.69) is 37.2 Å². The first-order chi connectivity index (χ1) is 9.19. The zero-order valence-electron chi connectivity index (χ0n) is 11.7. The number of alkyl carbamates (subject to hydrolysis) is 1. The van der Waals surface area contributed by atoms with E-state index in [9.17, 15) is 4.79 Å². The van der Waals surface area contributed by atoms with Crippen LogP contribution in [0.3, 0.4) is 0 Å². The summed E-state index contributed by atoms with van der Waals surface area (Å²) in [6.45, 7) is 5.84. The second-order valence-electron chi connectivity index (χ2n) is 5.18. The van der Waals surface area contributed by atoms with Gasteiger partial charge in [-0.1, -0.05) is 28.1 Å². The average Bonchev–Trinajstić information content (AvgIpc) is 2.28. The molecule has 110 valence electrons. The van der Waals surface area contributed by atoms with E-state index in [1.807, 2.05) is 45.1 Å². The first-order valence-corrected chi connectivity index (χ1v) is 7.65. The van der Waals surface area contributed by atoms with E-state index in [0.29, 0.717) is 12.2 Å². The highest BCUT2D eigenvalue weighted by Gasteiger charge is 2.14. The number of anilines is 1. The van der Waals surface area contributed by atoms with Crippen molar-refractivity contribution in [3.05, 3.63) is 32.7 Å². The molecule has 0 atom stereocenters. The minimum atomic E-state index is -0.493. The summed E-state index contributed by atoms with van der Waals surface area (Å²) in [5.41, 5.74) is 6.98. The standard InChI is InChI=1S/C14H18Br2N2O2/c1-14(2,3)20-13(19)18-6-4-5-9-7-10(15)8-11(16)12(9)17/h4-5,7-8H,6,17H2,1-3H3,(H,18,19). The average molecular weight is 406 g/mol. The minimum absolute atomic E-state index is 0.373. The monoisotopic (exact) mass is 404 g/mol. The molecule has 0 saturated heterocycles. The topological polar surface area (TPSA) is 64.3 Å². The number of carbonyl (C=O) groups excluding carboxylic acids is 1. The van der Waals surface area contributed by atoms with Crippen LogP contribution in [0.15, 0.2) is 27.2 Å². The third-order valence-electron chi connectivity index (χ3n) is 2.19. The number of ether oxygens (including phenoxy) is 1. The van der Waals surface area contributed by atoms with E-state index in [0.717, 1.165) is 14.5 Å². The van der Waals surface area contributed by atoms with Gasteiger partial charge in [0.2, 0.25) is 0 Å². The molecule has 4 nitrogen and oxygen atoms in total. The predicted molar refractivity (Wildman–Crippen MR) is 89.5 cm³/mol. The van der Waals surface area contributed by atoms with Crippen molar-refractivity contribution in [2.24, 2.45) is 0 Å². The molecule has 0 fully saturated rings. The maximum atomic E-state index is 11.4. The van der Waals surface area contributed by atoms with Crippen molar-refractivity contribution in [3.63, 3.8) is 0 Å². The van der Waals surface area contributed by atoms with Gasteiger partial charge >= 0.3 is 6.09 Å². The molecule has 0 heterocycles. The van der Waals surface area contributed by atoms with Crippen LogP contribution in [0.5, 0.6) is 0 Å². The summed E-state index contributed by atoms with van der Waals surface area (Å²) in [6, 6.07) is 3.79. The number of halogens is 2. The Morgan fingerprint density at radius 3 is 2.65 bits per heavy atom. The lowest BCUT2D eigenvalue weighted by molar-refractivity contribution is 0.0534. The van der Waals surface area contributed by atoms with Crippen molar-refractivity contribution in [1.82, 2.24) is 5.32 Å². The molecular formula is C14H18Br2N2O2. The Balaban J connectivity index is 2.56. The zero-order valence-corrected chi connectivity index (χ0v) is 14.8. The van der Waals surface area contributed by atoms with Crippen LogP contribution in [-0.4, -0.2) is 18.2 Å². The molecule has 1 aromatic carbocycles. The largest absolute Gasteiger partial charge is 0.444 e. The summed E-state index contributed by atoms with van der Waals surface area (Å²) in [6.07, 6.45) is 3.22. The number of nitrogen functional groups attached to an aromatic ring is 1. The fraction of sp³-hybridized carbons (Fsp3) is 0.357. The Morgan fingerprint density at radius 2 is 2.05 bits per heavy atom. The summed E-state index contributed by atoms with van der Waals surface area (Å²) in [5, 5.41) is 2.65. The van der Waals surface area contributed by atoms with Crippen LogP contribution < -0.4 is 11.1 Å². The molecule has 0 aromatic heterocycles. The van der Waals surface area contributed by atoms with Gasteiger partial charge in [-0.2, -0.15) is 0 Å². The van der Waals surface area contributed by atoms with Crippen molar-refractivity contribution >= 4 is 49.7 Å². The van der Waals surface area contributed by atoms with Crippen LogP contribution >= 0.6 is 31.9 Å². The van der Waals surface area contributed by atoms with E-state index in [-0.39, 0.29) is 0 Å². The van der Waals surface area contributed by atoms with Gasteiger partial charge in [-0.25, -0.2) is 4.79 Å². The highest BCUT2D eigenvalue weighted by Crippen LogP contribution is 2.28. The first-order valence-electron chi connectivity index (χ1n) is 6.07. The van der Waals surface area contributed by atoms with Gasteiger partial charge in [-0.05, 0) is 54.4 Å². The number of rotatable bonds is 3. The molecule has 20 heavy (non-hydrogen) atoms. The van der Waals surface area contributed by atoms with Crippen LogP contribution in [0, 0.1) is 0 Å². The Bertz CT molecular complexity index is 523. The fourth-order valence-corrected chi connectivity index (χ4v) is 2.64. The number of carbonyl (C=O) groups is 1. The lowest BCUT2D eigenvalue weighted by Gasteiger charge is -2.19. The Hall–Kier alpha value is -1.01. The Kier molecular flexibility index (Phi) is 6.07. The molecule has 0 unspecified atom stereocenters. The molecule has 3 N–H and O–H groups in total. The second-order valence-corrected chi connectivity index (χ2v) is 6.95. The smallest absolute Gasteiger partial charge is 0.407 e. The van der Waals surface area contributed by atoms with Crippen LogP contribution in [0.1, 0.15) is 26.3 Å². The van der Waals surface area contributed by atoms with E-state index < -0.39 is 11.7 Å². The summed E-state index contributed by atoms with van der Waals surface area (Å²) in [4.78, 5) is 11.4. The highest BCUT2D eigenvalue weighted by atomic mass is 79.9. The molecule has 1 amide bonds. The van der Waals surface area contributed by atoms with E-state index in [4.69, 9.17) is 10.5 Å². The number of hydrogen-bond donors (Lipinski definition) is 2. The SMILES string of the molecule is CC(C)(C)OC(=O)NCC=Cc1cc(Br)cc(Br)c1N. The van der Waals surface area contributed by atoms with Gasteiger partial charge in [0.25, 0.3) is 0 Å². The fourth-order valence-electron chi connectivity index (χ4n) is 1.38. The maximum absolute atomic E-state index is 11.4. The van der Waals surface area contributed by atoms with Crippen molar-refractivity contribution in [1.29, 1.82) is 0 Å². The predicted octanol–water partition coefficient (Wildman–Crippen LogP) is 4.33. The number of nitrogens with one attached hydrogen (secondary N) is 1. The number of benzene rings is 1. The quantitative estimate of drug-likeness (QED) is 0.735. The second kappa shape index (κ2) is 7.13. The van der Waals surface area contributed by atoms with Gasteiger partial charge in [-0.15, -0.1) is 0 Å². The number of hydrogen-bond acceptors (Lipinski definition) is 3. The minimum Gasteiger partial charge on any atom is -0.444 e. The van der Waals surface area contributed by atoms with Gasteiger partial charge < -0.3 is 15.8 Å². The zero-order chi connectivity index (χ0) is 15.3. The molecule has 0 aliphatic rings. The van der Waals surface area contributed by atoms with Crippen molar-refractivity contribution in [2.75, 3.05) is 12.3 Å². The molecule has 0 bridgehead atoms. The van der Waals surface area contributed by atoms with Gasteiger partial charge in [-0.3, -0.25) is 0 Å². The van der Waals surface area contributed by atoms with Crippen molar-refractivity contribution in [2.45, 2.75) is 26.4 Å². The number of nitrogens with two attached hydrogens (primary N) is 1. The molecule has 1 rings (SSSR count). The molecule has 0 radical (unpaired) electrons. The van der Waals surface area contributed by atoms with Crippen LogP contribution in [0.4, 0.5) is 10.5 Å². The number of amides is 1. The molecule has 0 aliphatic heterocycles. The molecular weight excluding hydrogens is 388 g/mol.